The van der Waals surface area contributed by atoms with Crippen LogP contribution in [0.5, 0.6) is 0 Å². The van der Waals surface area contributed by atoms with Gasteiger partial charge in [-0.25, -0.2) is 0 Å². The van der Waals surface area contributed by atoms with Gasteiger partial charge in [0.05, 0.1) is 17.4 Å². The smallest absolute Gasteiger partial charge is 0.225 e. The molecular formula is C19H17N3O. The standard InChI is InChI=1S/C19H17N3O/c1-22-10-8-14-12-21-18-17(14)16(22)11-15(19(18)23)20-9-7-13-5-3-2-4-6-13/h2-12,16,20-21H,1H3/b9-7+. The van der Waals surface area contributed by atoms with E-state index in [9.17, 15) is 4.79 Å². The van der Waals surface area contributed by atoms with Crippen LogP contribution in [0.2, 0.25) is 0 Å². The maximum absolute atomic E-state index is 12.6. The molecule has 0 spiro atoms. The molecule has 1 aromatic heterocycles. The fraction of sp³-hybridized carbons (Fsp3) is 0.105. The number of Topliss-reactive ketones (excluding diaryl/α,β-unsaturated/α-hetero) is 1. The Hall–Kier alpha value is -3.01. The fourth-order valence-electron chi connectivity index (χ4n) is 3.06. The number of ketones is 1. The van der Waals surface area contributed by atoms with Crippen molar-refractivity contribution in [2.24, 2.45) is 0 Å². The SMILES string of the molecule is CN1C=Cc2c[nH]c3c2C1C=C(N/C=C/c1ccccc1)C3=O. The van der Waals surface area contributed by atoms with Crippen LogP contribution in [0.1, 0.15) is 33.2 Å². The summed E-state index contributed by atoms with van der Waals surface area (Å²) in [6, 6.07) is 10.1. The summed E-state index contributed by atoms with van der Waals surface area (Å²) in [5.41, 5.74) is 4.53. The highest BCUT2D eigenvalue weighted by Gasteiger charge is 2.33. The Balaban J connectivity index is 1.61. The van der Waals surface area contributed by atoms with E-state index in [0.29, 0.717) is 11.4 Å². The number of nitrogens with one attached hydrogen (secondary N) is 2. The van der Waals surface area contributed by atoms with Crippen LogP contribution < -0.4 is 5.32 Å². The van der Waals surface area contributed by atoms with E-state index in [1.807, 2.05) is 74.2 Å². The number of likely N-dealkylation sites (N-methyl/N-ethyl adjacent to an activating group) is 1. The zero-order chi connectivity index (χ0) is 15.8. The minimum absolute atomic E-state index is 0.00362. The van der Waals surface area contributed by atoms with Gasteiger partial charge in [0.15, 0.2) is 0 Å². The van der Waals surface area contributed by atoms with E-state index in [0.717, 1.165) is 16.7 Å². The Morgan fingerprint density at radius 1 is 1.26 bits per heavy atom. The average Bonchev–Trinajstić information content (AvgIpc) is 3.00. The third-order valence-corrected chi connectivity index (χ3v) is 4.29. The number of carbonyl (C=O) groups is 1. The highest BCUT2D eigenvalue weighted by molar-refractivity contribution is 6.10. The second-order valence-corrected chi connectivity index (χ2v) is 5.76. The average molecular weight is 303 g/mol. The summed E-state index contributed by atoms with van der Waals surface area (Å²) in [7, 11) is 2.02. The molecule has 1 unspecified atom stereocenters. The summed E-state index contributed by atoms with van der Waals surface area (Å²) in [6.45, 7) is 0. The van der Waals surface area contributed by atoms with E-state index in [4.69, 9.17) is 0 Å². The van der Waals surface area contributed by atoms with Gasteiger partial charge in [0.2, 0.25) is 5.78 Å². The maximum atomic E-state index is 12.6. The quantitative estimate of drug-likeness (QED) is 0.914. The first-order chi connectivity index (χ1) is 11.2. The second-order valence-electron chi connectivity index (χ2n) is 5.76. The number of benzene rings is 1. The van der Waals surface area contributed by atoms with E-state index in [1.165, 1.54) is 0 Å². The molecule has 0 radical (unpaired) electrons. The van der Waals surface area contributed by atoms with Gasteiger partial charge in [-0.3, -0.25) is 4.79 Å². The van der Waals surface area contributed by atoms with Crippen molar-refractivity contribution >= 4 is 17.9 Å². The second kappa shape index (κ2) is 5.32. The number of H-pyrrole nitrogens is 1. The number of carbonyl (C=O) groups excluding carboxylic acids is 1. The van der Waals surface area contributed by atoms with Gasteiger partial charge in [-0.2, -0.15) is 0 Å². The Labute approximate surface area is 134 Å². The molecule has 1 atom stereocenters. The highest BCUT2D eigenvalue weighted by Crippen LogP contribution is 2.37. The third kappa shape index (κ3) is 2.28. The third-order valence-electron chi connectivity index (χ3n) is 4.29. The van der Waals surface area contributed by atoms with Crippen molar-refractivity contribution in [3.05, 3.63) is 83.1 Å². The van der Waals surface area contributed by atoms with E-state index in [-0.39, 0.29) is 11.8 Å². The van der Waals surface area contributed by atoms with Gasteiger partial charge in [-0.15, -0.1) is 0 Å². The number of hydrogen-bond donors (Lipinski definition) is 2. The van der Waals surface area contributed by atoms with Crippen molar-refractivity contribution in [3.8, 4) is 0 Å². The lowest BCUT2D eigenvalue weighted by molar-refractivity contribution is 0.101. The van der Waals surface area contributed by atoms with Gasteiger partial charge in [-0.05, 0) is 29.4 Å². The number of allylic oxidation sites excluding steroid dienone is 1. The Morgan fingerprint density at radius 3 is 2.91 bits per heavy atom. The van der Waals surface area contributed by atoms with Crippen LogP contribution in [-0.2, 0) is 0 Å². The summed E-state index contributed by atoms with van der Waals surface area (Å²) in [4.78, 5) is 17.9. The van der Waals surface area contributed by atoms with Gasteiger partial charge >= 0.3 is 0 Å². The molecule has 4 rings (SSSR count). The van der Waals surface area contributed by atoms with Crippen LogP contribution in [0, 0.1) is 0 Å². The maximum Gasteiger partial charge on any atom is 0.225 e. The number of hydrogen-bond acceptors (Lipinski definition) is 3. The molecule has 1 aliphatic carbocycles. The molecule has 0 saturated carbocycles. The first-order valence-electron chi connectivity index (χ1n) is 7.60. The number of rotatable bonds is 3. The topological polar surface area (TPSA) is 48.1 Å². The van der Waals surface area contributed by atoms with E-state index < -0.39 is 0 Å². The lowest BCUT2D eigenvalue weighted by Gasteiger charge is -2.31. The lowest BCUT2D eigenvalue weighted by atomic mass is 9.90. The zero-order valence-electron chi connectivity index (χ0n) is 12.8. The molecule has 0 fully saturated rings. The highest BCUT2D eigenvalue weighted by atomic mass is 16.1. The van der Waals surface area contributed by atoms with Gasteiger partial charge in [0.25, 0.3) is 0 Å². The molecular weight excluding hydrogens is 286 g/mol. The van der Waals surface area contributed by atoms with Crippen molar-refractivity contribution in [2.45, 2.75) is 6.04 Å². The van der Waals surface area contributed by atoms with Crippen LogP contribution >= 0.6 is 0 Å². The minimum Gasteiger partial charge on any atom is -0.370 e. The number of aromatic nitrogens is 1. The van der Waals surface area contributed by atoms with Gasteiger partial charge in [0, 0.05) is 31.2 Å². The molecule has 2 heterocycles. The Kier molecular flexibility index (Phi) is 3.15. The normalized spacial score (nSPS) is 19.0. The molecule has 4 heteroatoms. The Bertz CT molecular complexity index is 843. The van der Waals surface area contributed by atoms with E-state index >= 15 is 0 Å². The molecule has 0 saturated heterocycles. The predicted octanol–water partition coefficient (Wildman–Crippen LogP) is 3.31. The summed E-state index contributed by atoms with van der Waals surface area (Å²) >= 11 is 0. The van der Waals surface area contributed by atoms with E-state index in [2.05, 4.69) is 15.2 Å². The largest absolute Gasteiger partial charge is 0.370 e. The van der Waals surface area contributed by atoms with Crippen molar-refractivity contribution in [1.29, 1.82) is 0 Å². The van der Waals surface area contributed by atoms with Crippen LogP contribution in [-0.4, -0.2) is 22.7 Å². The monoisotopic (exact) mass is 303 g/mol. The molecule has 114 valence electrons. The van der Waals surface area contributed by atoms with Crippen LogP contribution in [0.4, 0.5) is 0 Å². The molecule has 4 nitrogen and oxygen atoms in total. The van der Waals surface area contributed by atoms with Crippen LogP contribution in [0.15, 0.2) is 60.7 Å². The number of aromatic amines is 1. The number of nitrogens with zero attached hydrogens (tertiary/aromatic N) is 1. The van der Waals surface area contributed by atoms with E-state index in [1.54, 1.807) is 0 Å². The summed E-state index contributed by atoms with van der Waals surface area (Å²) in [6.07, 6.45) is 11.7. The summed E-state index contributed by atoms with van der Waals surface area (Å²) < 4.78 is 0. The molecule has 1 aliphatic heterocycles. The lowest BCUT2D eigenvalue weighted by Crippen LogP contribution is -2.30. The van der Waals surface area contributed by atoms with Gasteiger partial charge in [-0.1, -0.05) is 30.3 Å². The molecule has 0 bridgehead atoms. The van der Waals surface area contributed by atoms with Crippen LogP contribution in [0.25, 0.3) is 12.2 Å². The van der Waals surface area contributed by atoms with Crippen molar-refractivity contribution < 1.29 is 4.79 Å². The first-order valence-corrected chi connectivity index (χ1v) is 7.60. The zero-order valence-corrected chi connectivity index (χ0v) is 12.8. The summed E-state index contributed by atoms with van der Waals surface area (Å²) in [5, 5.41) is 3.14. The molecule has 23 heavy (non-hydrogen) atoms. The molecule has 2 aromatic rings. The molecule has 2 N–H and O–H groups in total. The Morgan fingerprint density at radius 2 is 2.09 bits per heavy atom. The van der Waals surface area contributed by atoms with Crippen molar-refractivity contribution in [1.82, 2.24) is 15.2 Å². The fourth-order valence-corrected chi connectivity index (χ4v) is 3.06. The molecule has 0 amide bonds. The van der Waals surface area contributed by atoms with Gasteiger partial charge in [0.1, 0.15) is 0 Å². The van der Waals surface area contributed by atoms with Crippen molar-refractivity contribution in [2.75, 3.05) is 7.05 Å². The predicted molar refractivity (Wildman–Crippen MR) is 91.4 cm³/mol. The minimum atomic E-state index is 0.00362. The van der Waals surface area contributed by atoms with Crippen molar-refractivity contribution in [3.63, 3.8) is 0 Å². The van der Waals surface area contributed by atoms with Gasteiger partial charge < -0.3 is 15.2 Å². The first kappa shape index (κ1) is 13.6. The summed E-state index contributed by atoms with van der Waals surface area (Å²) in [5.74, 6) is 0.00362. The van der Waals surface area contributed by atoms with Crippen LogP contribution in [0.3, 0.4) is 0 Å². The molecule has 2 aliphatic rings. The molecule has 1 aromatic carbocycles.